The molecule has 21 heavy (non-hydrogen) atoms. The Labute approximate surface area is 130 Å². The smallest absolute Gasteiger partial charge is 0.240 e. The largest absolute Gasteiger partial charge is 0.455 e. The normalized spacial score (nSPS) is 11.4. The Hall–Kier alpha value is -1.64. The molecule has 112 valence electrons. The molecule has 8 heteroatoms. The zero-order valence-corrected chi connectivity index (χ0v) is 13.3. The quantitative estimate of drug-likeness (QED) is 0.806. The van der Waals surface area contributed by atoms with Gasteiger partial charge in [0.25, 0.3) is 0 Å². The van der Waals surface area contributed by atoms with Crippen LogP contribution in [0.2, 0.25) is 0 Å². The Morgan fingerprint density at radius 3 is 2.57 bits per heavy atom. The van der Waals surface area contributed by atoms with Crippen LogP contribution in [0.15, 0.2) is 45.8 Å². The van der Waals surface area contributed by atoms with Crippen LogP contribution in [-0.2, 0) is 10.0 Å². The Kier molecular flexibility index (Phi) is 4.50. The molecule has 0 amide bonds. The lowest BCUT2D eigenvalue weighted by atomic mass is 10.3. The van der Waals surface area contributed by atoms with Gasteiger partial charge < -0.3 is 10.5 Å². The minimum absolute atomic E-state index is 0.00432. The van der Waals surface area contributed by atoms with E-state index in [0.29, 0.717) is 4.47 Å². The van der Waals surface area contributed by atoms with Gasteiger partial charge in [0.1, 0.15) is 11.6 Å². The number of sulfonamides is 1. The molecule has 0 aromatic heterocycles. The van der Waals surface area contributed by atoms with E-state index >= 15 is 0 Å². The molecule has 0 saturated carbocycles. The van der Waals surface area contributed by atoms with Crippen LogP contribution in [0, 0.1) is 5.82 Å². The topological polar surface area (TPSA) is 81.4 Å². The minimum atomic E-state index is -3.61. The highest BCUT2D eigenvalue weighted by molar-refractivity contribution is 9.10. The van der Waals surface area contributed by atoms with E-state index in [-0.39, 0.29) is 22.1 Å². The maximum atomic E-state index is 13.3. The summed E-state index contributed by atoms with van der Waals surface area (Å²) in [6.45, 7) is 0. The number of nitrogens with two attached hydrogens (primary N) is 1. The first kappa shape index (κ1) is 15.7. The van der Waals surface area contributed by atoms with Crippen LogP contribution in [-0.4, -0.2) is 15.5 Å². The molecule has 0 saturated heterocycles. The summed E-state index contributed by atoms with van der Waals surface area (Å²) < 4.78 is 45.0. The van der Waals surface area contributed by atoms with Crippen molar-refractivity contribution in [2.45, 2.75) is 4.90 Å². The Balaban J connectivity index is 2.42. The number of rotatable bonds is 4. The predicted molar refractivity (Wildman–Crippen MR) is 81.3 cm³/mol. The highest BCUT2D eigenvalue weighted by Crippen LogP contribution is 2.31. The van der Waals surface area contributed by atoms with E-state index in [1.807, 2.05) is 0 Å². The Bertz CT molecular complexity index is 761. The van der Waals surface area contributed by atoms with Gasteiger partial charge in [-0.25, -0.2) is 17.5 Å². The van der Waals surface area contributed by atoms with E-state index in [4.69, 9.17) is 10.5 Å². The lowest BCUT2D eigenvalue weighted by Crippen LogP contribution is -2.18. The van der Waals surface area contributed by atoms with E-state index in [1.54, 1.807) is 6.07 Å². The van der Waals surface area contributed by atoms with Crippen molar-refractivity contribution in [1.82, 2.24) is 4.72 Å². The average Bonchev–Trinajstić information content (AvgIpc) is 2.40. The van der Waals surface area contributed by atoms with Gasteiger partial charge in [-0.05, 0) is 31.3 Å². The van der Waals surface area contributed by atoms with Crippen LogP contribution >= 0.6 is 15.9 Å². The lowest BCUT2D eigenvalue weighted by molar-refractivity contribution is 0.476. The Morgan fingerprint density at radius 2 is 1.95 bits per heavy atom. The van der Waals surface area contributed by atoms with Crippen LogP contribution in [0.3, 0.4) is 0 Å². The van der Waals surface area contributed by atoms with Gasteiger partial charge in [0.05, 0.1) is 10.6 Å². The van der Waals surface area contributed by atoms with Gasteiger partial charge in [-0.2, -0.15) is 0 Å². The molecule has 0 aliphatic heterocycles. The van der Waals surface area contributed by atoms with E-state index in [2.05, 4.69) is 20.7 Å². The molecule has 2 rings (SSSR count). The fraction of sp³-hybridized carbons (Fsp3) is 0.0769. The number of benzene rings is 2. The third kappa shape index (κ3) is 3.72. The molecule has 0 heterocycles. The van der Waals surface area contributed by atoms with Gasteiger partial charge in [-0.3, -0.25) is 0 Å². The van der Waals surface area contributed by atoms with Gasteiger partial charge in [-0.15, -0.1) is 0 Å². The molecule has 0 aliphatic carbocycles. The number of nitrogen functional groups attached to an aromatic ring is 1. The standard InChI is InChI=1S/C13H12BrFN2O3S/c1-17-21(18,19)11-2-3-12(16)13(7-11)20-10-5-8(14)4-9(15)6-10/h2-7,17H,16H2,1H3. The summed E-state index contributed by atoms with van der Waals surface area (Å²) in [5.74, 6) is -0.159. The minimum Gasteiger partial charge on any atom is -0.455 e. The van der Waals surface area contributed by atoms with Crippen LogP contribution in [0.4, 0.5) is 10.1 Å². The lowest BCUT2D eigenvalue weighted by Gasteiger charge is -2.11. The first-order chi connectivity index (χ1) is 9.81. The van der Waals surface area contributed by atoms with Crippen LogP contribution in [0.5, 0.6) is 11.5 Å². The summed E-state index contributed by atoms with van der Waals surface area (Å²) in [5.41, 5.74) is 5.99. The van der Waals surface area contributed by atoms with Crippen molar-refractivity contribution in [3.63, 3.8) is 0 Å². The summed E-state index contributed by atoms with van der Waals surface area (Å²) in [7, 11) is -2.31. The second-order valence-corrected chi connectivity index (χ2v) is 6.92. The fourth-order valence-corrected chi connectivity index (χ4v) is 2.79. The summed E-state index contributed by atoms with van der Waals surface area (Å²) in [6, 6.07) is 8.03. The van der Waals surface area contributed by atoms with Crippen molar-refractivity contribution < 1.29 is 17.5 Å². The summed E-state index contributed by atoms with van der Waals surface area (Å²) >= 11 is 3.15. The molecule has 0 aliphatic rings. The van der Waals surface area contributed by atoms with E-state index in [0.717, 1.165) is 0 Å². The number of halogens is 2. The highest BCUT2D eigenvalue weighted by Gasteiger charge is 2.14. The zero-order valence-electron chi connectivity index (χ0n) is 10.9. The third-order valence-corrected chi connectivity index (χ3v) is 4.50. The van der Waals surface area contributed by atoms with Gasteiger partial charge in [0.15, 0.2) is 5.75 Å². The number of hydrogen-bond acceptors (Lipinski definition) is 4. The van der Waals surface area contributed by atoms with Gasteiger partial charge >= 0.3 is 0 Å². The number of nitrogens with one attached hydrogen (secondary N) is 1. The predicted octanol–water partition coefficient (Wildman–Crippen LogP) is 2.87. The van der Waals surface area contributed by atoms with Crippen LogP contribution in [0.1, 0.15) is 0 Å². The molecule has 2 aromatic rings. The van der Waals surface area contributed by atoms with Gasteiger partial charge in [-0.1, -0.05) is 15.9 Å². The second-order valence-electron chi connectivity index (χ2n) is 4.11. The molecule has 0 atom stereocenters. The van der Waals surface area contributed by atoms with Crippen molar-refractivity contribution in [1.29, 1.82) is 0 Å². The summed E-state index contributed by atoms with van der Waals surface area (Å²) in [5, 5.41) is 0. The zero-order chi connectivity index (χ0) is 15.6. The van der Waals surface area contributed by atoms with Crippen molar-refractivity contribution in [2.24, 2.45) is 0 Å². The molecule has 0 unspecified atom stereocenters. The van der Waals surface area contributed by atoms with E-state index in [9.17, 15) is 12.8 Å². The number of anilines is 1. The van der Waals surface area contributed by atoms with Crippen molar-refractivity contribution in [3.05, 3.63) is 46.7 Å². The fourth-order valence-electron chi connectivity index (χ4n) is 1.60. The molecule has 3 N–H and O–H groups in total. The van der Waals surface area contributed by atoms with Crippen molar-refractivity contribution in [3.8, 4) is 11.5 Å². The molecular weight excluding hydrogens is 363 g/mol. The maximum absolute atomic E-state index is 13.3. The first-order valence-electron chi connectivity index (χ1n) is 5.79. The molecule has 0 radical (unpaired) electrons. The molecular formula is C13H12BrFN2O3S. The number of ether oxygens (including phenoxy) is 1. The molecule has 5 nitrogen and oxygen atoms in total. The molecule has 2 aromatic carbocycles. The second kappa shape index (κ2) is 6.00. The van der Waals surface area contributed by atoms with Gasteiger partial charge in [0, 0.05) is 16.6 Å². The molecule has 0 bridgehead atoms. The van der Waals surface area contributed by atoms with E-state index in [1.165, 1.54) is 37.4 Å². The first-order valence-corrected chi connectivity index (χ1v) is 8.06. The molecule has 0 fully saturated rings. The van der Waals surface area contributed by atoms with Crippen LogP contribution < -0.4 is 15.2 Å². The highest BCUT2D eigenvalue weighted by atomic mass is 79.9. The maximum Gasteiger partial charge on any atom is 0.240 e. The monoisotopic (exact) mass is 374 g/mol. The van der Waals surface area contributed by atoms with Crippen molar-refractivity contribution >= 4 is 31.6 Å². The Morgan fingerprint density at radius 1 is 1.24 bits per heavy atom. The van der Waals surface area contributed by atoms with Gasteiger partial charge in [0.2, 0.25) is 10.0 Å². The third-order valence-electron chi connectivity index (χ3n) is 2.63. The number of hydrogen-bond donors (Lipinski definition) is 2. The van der Waals surface area contributed by atoms with Crippen LogP contribution in [0.25, 0.3) is 0 Å². The molecule has 0 spiro atoms. The average molecular weight is 375 g/mol. The SMILES string of the molecule is CNS(=O)(=O)c1ccc(N)c(Oc2cc(F)cc(Br)c2)c1. The van der Waals surface area contributed by atoms with E-state index < -0.39 is 15.8 Å². The van der Waals surface area contributed by atoms with Crippen molar-refractivity contribution in [2.75, 3.05) is 12.8 Å². The summed E-state index contributed by atoms with van der Waals surface area (Å²) in [6.07, 6.45) is 0. The summed E-state index contributed by atoms with van der Waals surface area (Å²) in [4.78, 5) is 0.00432.